The number of nitrogens with zero attached hydrogens (tertiary/aromatic N) is 9. The van der Waals surface area contributed by atoms with E-state index < -0.39 is 34.0 Å². The molecule has 0 unspecified atom stereocenters. The minimum atomic E-state index is -1.35. The Hall–Kier alpha value is -15.2. The maximum absolute atomic E-state index is 13.7. The van der Waals surface area contributed by atoms with Gasteiger partial charge in [-0.3, -0.25) is 34.2 Å². The average molecular weight is 1690 g/mol. The maximum atomic E-state index is 13.7. The number of urea groups is 1. The van der Waals surface area contributed by atoms with Crippen LogP contribution < -0.4 is 51.0 Å². The lowest BCUT2D eigenvalue weighted by atomic mass is 9.83. The number of nitriles is 3. The lowest BCUT2D eigenvalue weighted by molar-refractivity contribution is -0.126. The van der Waals surface area contributed by atoms with Crippen molar-refractivity contribution in [2.45, 2.75) is 90.3 Å². The molecule has 11 aromatic rings. The second-order valence-electron chi connectivity index (χ2n) is 29.4. The summed E-state index contributed by atoms with van der Waals surface area (Å²) in [5.41, 5.74) is 14.2. The number of likely N-dealkylation sites (N-methyl/N-ethyl adjacent to an activating group) is 1. The molecule has 26 heteroatoms. The van der Waals surface area contributed by atoms with Gasteiger partial charge in [-0.15, -0.1) is 0 Å². The van der Waals surface area contributed by atoms with Gasteiger partial charge in [0.2, 0.25) is 23.6 Å². The lowest BCUT2D eigenvalue weighted by Crippen LogP contribution is -2.57. The molecule has 2 saturated heterocycles. The first-order valence-electron chi connectivity index (χ1n) is 38.7. The highest BCUT2D eigenvalue weighted by Gasteiger charge is 2.53. The van der Waals surface area contributed by atoms with Crippen LogP contribution in [0.3, 0.4) is 0 Å². The molecule has 7 amide bonds. The number of hydrogen-bond acceptors (Lipinski definition) is 14. The zero-order chi connectivity index (χ0) is 87.6. The van der Waals surface area contributed by atoms with Crippen molar-refractivity contribution in [1.82, 2.24) is 10.6 Å². The highest BCUT2D eigenvalue weighted by Crippen LogP contribution is 2.39. The minimum Gasteiger partial charge on any atom is -0.492 e. The molecular formula is C98H89FN14O9S2. The van der Waals surface area contributed by atoms with Crippen molar-refractivity contribution in [1.29, 1.82) is 15.8 Å². The Kier molecular flexibility index (Phi) is 33.2. The van der Waals surface area contributed by atoms with Crippen molar-refractivity contribution in [3.63, 3.8) is 0 Å². The summed E-state index contributed by atoms with van der Waals surface area (Å²) in [7, 11) is 0. The number of anilines is 4. The molecule has 23 nitrogen and oxygen atoms in total. The topological polar surface area (TPSA) is 300 Å². The van der Waals surface area contributed by atoms with Crippen LogP contribution in [-0.4, -0.2) is 73.0 Å². The van der Waals surface area contributed by atoms with Crippen LogP contribution in [-0.2, 0) is 48.8 Å². The summed E-state index contributed by atoms with van der Waals surface area (Å²) in [6.07, 6.45) is 1.66. The molecule has 2 aliphatic rings. The summed E-state index contributed by atoms with van der Waals surface area (Å²) >= 11 is 0. The largest absolute Gasteiger partial charge is 0.492 e. The van der Waals surface area contributed by atoms with Crippen LogP contribution in [0.4, 0.5) is 54.7 Å². The van der Waals surface area contributed by atoms with E-state index in [1.807, 2.05) is 130 Å². The smallest absolute Gasteiger partial charge is 0.329 e. The van der Waals surface area contributed by atoms with Crippen molar-refractivity contribution in [2.24, 2.45) is 11.1 Å². The molecule has 2 fully saturated rings. The van der Waals surface area contributed by atoms with Gasteiger partial charge >= 0.3 is 6.03 Å². The predicted molar refractivity (Wildman–Crippen MR) is 485 cm³/mol. The quantitative estimate of drug-likeness (QED) is 0.0202. The van der Waals surface area contributed by atoms with Crippen molar-refractivity contribution in [2.75, 3.05) is 46.8 Å². The lowest BCUT2D eigenvalue weighted by Gasteiger charge is -2.34. The molecule has 624 valence electrons. The van der Waals surface area contributed by atoms with Crippen molar-refractivity contribution >= 4 is 108 Å². The monoisotopic (exact) mass is 1690 g/mol. The van der Waals surface area contributed by atoms with Crippen LogP contribution in [0.5, 0.6) is 17.2 Å². The van der Waals surface area contributed by atoms with Gasteiger partial charge < -0.3 is 35.9 Å². The highest BCUT2D eigenvalue weighted by atomic mass is 32.1. The molecule has 2 aliphatic heterocycles. The van der Waals surface area contributed by atoms with Gasteiger partial charge in [-0.1, -0.05) is 134 Å². The predicted octanol–water partition coefficient (Wildman–Crippen LogP) is 18.7. The molecule has 0 saturated carbocycles. The van der Waals surface area contributed by atoms with Gasteiger partial charge in [0.1, 0.15) is 54.0 Å². The molecule has 6 N–H and O–H groups in total. The third-order valence-electron chi connectivity index (χ3n) is 20.4. The standard InChI is InChI=1S/C26H26FN3O.C26H20N4O3.C25H22N4O2.C21H17N3O3.2H2S/c1-4-29-26(21-8-6-5-7-9-21,17-16-20-10-12-22(27)13-11-20)25(31)30-23-14-15-24(28-3)19(2)18-23;1-18-14-21(10-13-23(18)28-2)30-24(31)26(29-25(30)32,15-19-6-4-3-5-7-19)17-33-22-11-8-20(16-27)9-12-22;1-18-14-21(10-13-23(18)28-2)29-24(30)25(27,15-19-6-4-3-5-7-19)17-31-22-11-8-20(16-26)9-12-22;1-14-10-16(6-9-18(14)23-3)24-19(25)11-21(2,20(24)26)13-27-17-7-4-15(12-22)5-8-17;;/h5-15,18,29H,4,16-17H2,1-2H3,(H,30,31);3-14H,15,17H2,1H3,(H,29,32);3-14H,15,17,27H2,1H3,(H,29,30);4-10H,11,13H2,1-2H3;2*1H2/t2*26-;25-;21-;;/m1000../s1. The van der Waals surface area contributed by atoms with Crippen molar-refractivity contribution < 1.29 is 47.4 Å². The number of ether oxygens (including phenoxy) is 3. The van der Waals surface area contributed by atoms with E-state index in [0.29, 0.717) is 110 Å². The zero-order valence-corrected chi connectivity index (χ0v) is 70.8. The first-order chi connectivity index (χ1) is 58.7. The van der Waals surface area contributed by atoms with Crippen LogP contribution >= 0.6 is 27.0 Å². The number of rotatable bonds is 25. The first-order valence-corrected chi connectivity index (χ1v) is 38.7. The van der Waals surface area contributed by atoms with Crippen LogP contribution in [0, 0.1) is 99.2 Å². The van der Waals surface area contributed by atoms with Gasteiger partial charge in [-0.2, -0.15) is 42.8 Å². The van der Waals surface area contributed by atoms with Crippen molar-refractivity contribution in [3.8, 4) is 35.5 Å². The number of amides is 7. The van der Waals surface area contributed by atoms with E-state index in [1.54, 1.807) is 172 Å². The molecule has 0 aliphatic carbocycles. The molecule has 11 aromatic carbocycles. The third kappa shape index (κ3) is 23.7. The van der Waals surface area contributed by atoms with Gasteiger partial charge in [-0.25, -0.2) is 33.5 Å². The van der Waals surface area contributed by atoms with Crippen molar-refractivity contribution in [3.05, 3.63) is 374 Å². The molecule has 0 spiro atoms. The molecule has 2 heterocycles. The van der Waals surface area contributed by atoms with Crippen LogP contribution in [0.2, 0.25) is 0 Å². The summed E-state index contributed by atoms with van der Waals surface area (Å²) < 4.78 is 30.8. The molecule has 124 heavy (non-hydrogen) atoms. The zero-order valence-electron chi connectivity index (χ0n) is 68.8. The fourth-order valence-electron chi connectivity index (χ4n) is 13.7. The SMILES string of the molecule is S.S.[C-]#[N+]c1ccc(N2C(=O)C[C@@](C)(COc3ccc(C#N)cc3)C2=O)cc1C.[C-]#[N+]c1ccc(N2C(=O)N[C@](COc3ccc(C#N)cc3)(Cc3ccccc3)C2=O)cc1C.[C-]#[N+]c1ccc(NC(=O)[C@@](N)(COc2ccc(C#N)cc2)Cc2ccccc2)cc1C.[C-]#[N+]c1ccc(NC(=O)[C@](CCc2ccc(F)cc2)(NCC)c2ccccc2)cc1C. The van der Waals surface area contributed by atoms with E-state index >= 15 is 0 Å². The molecular weight excluding hydrogens is 1600 g/mol. The number of benzene rings is 11. The molecule has 0 aromatic heterocycles. The summed E-state index contributed by atoms with van der Waals surface area (Å²) in [5, 5.41) is 38.9. The summed E-state index contributed by atoms with van der Waals surface area (Å²) in [5.74, 6) is -0.340. The van der Waals surface area contributed by atoms with Crippen LogP contribution in [0.15, 0.2) is 261 Å². The number of halogens is 1. The first kappa shape index (κ1) is 94.3. The van der Waals surface area contributed by atoms with Gasteiger partial charge in [0.05, 0.1) is 72.3 Å². The number of nitrogens with two attached hydrogens (primary N) is 1. The number of hydrogen-bond donors (Lipinski definition) is 5. The molecule has 13 rings (SSSR count). The second kappa shape index (κ2) is 43.7. The number of carbonyl (C=O) groups excluding carboxylic acids is 6. The average Bonchev–Trinajstić information content (AvgIpc) is 1.63. The fourth-order valence-corrected chi connectivity index (χ4v) is 13.7. The van der Waals surface area contributed by atoms with E-state index in [-0.39, 0.29) is 95.5 Å². The second-order valence-corrected chi connectivity index (χ2v) is 29.4. The number of carbonyl (C=O) groups is 6. The molecule has 4 atom stereocenters. The van der Waals surface area contributed by atoms with Crippen LogP contribution in [0.1, 0.15) is 87.9 Å². The summed E-state index contributed by atoms with van der Waals surface area (Å²) in [4.78, 5) is 95.1. The summed E-state index contributed by atoms with van der Waals surface area (Å²) in [6, 6.07) is 80.4. The Morgan fingerprint density at radius 2 is 0.935 bits per heavy atom. The molecule has 0 bridgehead atoms. The number of aryl methyl sites for hydroxylation is 5. The van der Waals surface area contributed by atoms with Crippen LogP contribution in [0.25, 0.3) is 19.4 Å². The third-order valence-corrected chi connectivity index (χ3v) is 20.4. The maximum Gasteiger partial charge on any atom is 0.329 e. The number of nitrogens with one attached hydrogen (secondary N) is 4. The number of imide groups is 2. The Morgan fingerprint density at radius 1 is 0.516 bits per heavy atom. The molecule has 0 radical (unpaired) electrons. The van der Waals surface area contributed by atoms with E-state index in [9.17, 15) is 33.2 Å². The van der Waals surface area contributed by atoms with Gasteiger partial charge in [0.15, 0.2) is 28.3 Å². The fraction of sp³-hybridized carbons (Fsp3) is 0.194. The Labute approximate surface area is 734 Å². The summed E-state index contributed by atoms with van der Waals surface area (Å²) in [6.45, 7) is 40.1. The van der Waals surface area contributed by atoms with Gasteiger partial charge in [-0.05, 0) is 232 Å². The van der Waals surface area contributed by atoms with E-state index in [4.69, 9.17) is 62.0 Å². The Morgan fingerprint density at radius 3 is 1.38 bits per heavy atom. The Balaban J connectivity index is 0.000000204. The Bertz CT molecular complexity index is 5990. The van der Waals surface area contributed by atoms with Gasteiger partial charge in [0, 0.05) is 36.3 Å². The van der Waals surface area contributed by atoms with E-state index in [2.05, 4.69) is 46.7 Å². The highest BCUT2D eigenvalue weighted by molar-refractivity contribution is 7.59. The van der Waals surface area contributed by atoms with E-state index in [0.717, 1.165) is 38.3 Å². The minimum absolute atomic E-state index is 0. The van der Waals surface area contributed by atoms with E-state index in [1.165, 1.54) is 17.0 Å². The normalized spacial score (nSPS) is 14.9. The van der Waals surface area contributed by atoms with Gasteiger partial charge in [0.25, 0.3) is 5.91 Å².